The summed E-state index contributed by atoms with van der Waals surface area (Å²) in [5.41, 5.74) is 0. The molecule has 0 aromatic rings. The van der Waals surface area contributed by atoms with Gasteiger partial charge < -0.3 is 0 Å². The Bertz CT molecular complexity index is 116. The number of Topliss-reactive ketones (excluding diaryl/α,β-unsaturated/α-hetero) is 1. The standard InChI is InChI=1S/C6H9ClO/c1-3-4-6(7)5(2)8/h4H,3H2,1-2H3/b6-4-. The predicted molar refractivity (Wildman–Crippen MR) is 34.9 cm³/mol. The van der Waals surface area contributed by atoms with E-state index in [1.165, 1.54) is 6.92 Å². The zero-order valence-corrected chi connectivity index (χ0v) is 5.83. The molecule has 0 rings (SSSR count). The van der Waals surface area contributed by atoms with E-state index in [2.05, 4.69) is 0 Å². The summed E-state index contributed by atoms with van der Waals surface area (Å²) in [7, 11) is 0. The zero-order valence-electron chi connectivity index (χ0n) is 5.07. The lowest BCUT2D eigenvalue weighted by atomic mass is 10.3. The third-order valence-electron chi connectivity index (χ3n) is 0.720. The van der Waals surface area contributed by atoms with Crippen molar-refractivity contribution in [2.75, 3.05) is 0 Å². The Labute approximate surface area is 54.3 Å². The van der Waals surface area contributed by atoms with Gasteiger partial charge in [-0.2, -0.15) is 0 Å². The molecule has 0 amide bonds. The van der Waals surface area contributed by atoms with Gasteiger partial charge in [-0.05, 0) is 6.42 Å². The number of hydrogen-bond acceptors (Lipinski definition) is 1. The number of carbonyl (C=O) groups is 1. The molecule has 46 valence electrons. The molecule has 1 nitrogen and oxygen atoms in total. The minimum absolute atomic E-state index is 0.0616. The van der Waals surface area contributed by atoms with Gasteiger partial charge >= 0.3 is 0 Å². The molecule has 0 aliphatic heterocycles. The van der Waals surface area contributed by atoms with Crippen molar-refractivity contribution in [3.8, 4) is 0 Å². The summed E-state index contributed by atoms with van der Waals surface area (Å²) in [5.74, 6) is -0.0616. The van der Waals surface area contributed by atoms with E-state index in [1.54, 1.807) is 6.08 Å². The molecule has 0 saturated carbocycles. The van der Waals surface area contributed by atoms with Gasteiger partial charge in [-0.1, -0.05) is 24.6 Å². The third kappa shape index (κ3) is 2.80. The first kappa shape index (κ1) is 7.70. The van der Waals surface area contributed by atoms with Gasteiger partial charge in [-0.25, -0.2) is 0 Å². The van der Waals surface area contributed by atoms with Gasteiger partial charge in [0.15, 0.2) is 5.78 Å². The van der Waals surface area contributed by atoms with Crippen LogP contribution in [0.3, 0.4) is 0 Å². The van der Waals surface area contributed by atoms with Crippen LogP contribution in [0.5, 0.6) is 0 Å². The third-order valence-corrected chi connectivity index (χ3v) is 1.14. The van der Waals surface area contributed by atoms with Crippen LogP contribution in [-0.2, 0) is 4.79 Å². The van der Waals surface area contributed by atoms with Crippen LogP contribution >= 0.6 is 11.6 Å². The van der Waals surface area contributed by atoms with E-state index >= 15 is 0 Å². The molecule has 0 saturated heterocycles. The highest BCUT2D eigenvalue weighted by molar-refractivity contribution is 6.42. The van der Waals surface area contributed by atoms with Gasteiger partial charge in [0.1, 0.15) is 0 Å². The van der Waals surface area contributed by atoms with Gasteiger partial charge in [0.05, 0.1) is 5.03 Å². The Kier molecular flexibility index (Phi) is 3.53. The van der Waals surface area contributed by atoms with Crippen molar-refractivity contribution >= 4 is 17.4 Å². The van der Waals surface area contributed by atoms with Gasteiger partial charge in [0, 0.05) is 6.92 Å². The van der Waals surface area contributed by atoms with Crippen LogP contribution in [0.1, 0.15) is 20.3 Å². The van der Waals surface area contributed by atoms with E-state index in [4.69, 9.17) is 11.6 Å². The van der Waals surface area contributed by atoms with Crippen LogP contribution in [0.15, 0.2) is 11.1 Å². The molecule has 2 heteroatoms. The normalized spacial score (nSPS) is 11.6. The minimum Gasteiger partial charge on any atom is -0.294 e. The predicted octanol–water partition coefficient (Wildman–Crippen LogP) is 2.11. The summed E-state index contributed by atoms with van der Waals surface area (Å²) in [6.45, 7) is 3.39. The number of allylic oxidation sites excluding steroid dienone is 2. The molecule has 0 atom stereocenters. The molecule has 0 aromatic carbocycles. The Morgan fingerprint density at radius 1 is 1.75 bits per heavy atom. The van der Waals surface area contributed by atoms with E-state index in [0.717, 1.165) is 6.42 Å². The van der Waals surface area contributed by atoms with Crippen LogP contribution in [-0.4, -0.2) is 5.78 Å². The van der Waals surface area contributed by atoms with Crippen LogP contribution in [0.25, 0.3) is 0 Å². The van der Waals surface area contributed by atoms with E-state index in [0.29, 0.717) is 5.03 Å². The van der Waals surface area contributed by atoms with E-state index in [9.17, 15) is 4.79 Å². The first-order valence-electron chi connectivity index (χ1n) is 2.55. The molecular weight excluding hydrogens is 124 g/mol. The molecule has 0 aliphatic carbocycles. The fourth-order valence-electron chi connectivity index (χ4n) is 0.323. The SMILES string of the molecule is CC/C=C(\Cl)C(C)=O. The van der Waals surface area contributed by atoms with Gasteiger partial charge in [-0.15, -0.1) is 0 Å². The van der Waals surface area contributed by atoms with Gasteiger partial charge in [-0.3, -0.25) is 4.79 Å². The second-order valence-electron chi connectivity index (χ2n) is 1.52. The fourth-order valence-corrected chi connectivity index (χ4v) is 0.477. The monoisotopic (exact) mass is 132 g/mol. The van der Waals surface area contributed by atoms with Crippen molar-refractivity contribution in [2.24, 2.45) is 0 Å². The molecule has 0 bridgehead atoms. The molecule has 0 unspecified atom stereocenters. The second-order valence-corrected chi connectivity index (χ2v) is 1.92. The minimum atomic E-state index is -0.0616. The van der Waals surface area contributed by atoms with Crippen molar-refractivity contribution < 1.29 is 4.79 Å². The maximum absolute atomic E-state index is 10.3. The lowest BCUT2D eigenvalue weighted by molar-refractivity contribution is -0.113. The molecule has 0 spiro atoms. The summed E-state index contributed by atoms with van der Waals surface area (Å²) in [4.78, 5) is 10.3. The molecule has 0 aliphatic rings. The number of carbonyl (C=O) groups excluding carboxylic acids is 1. The number of ketones is 1. The van der Waals surface area contributed by atoms with Crippen molar-refractivity contribution in [1.29, 1.82) is 0 Å². The first-order chi connectivity index (χ1) is 3.68. The lowest BCUT2D eigenvalue weighted by Crippen LogP contribution is -1.86. The number of rotatable bonds is 2. The highest BCUT2D eigenvalue weighted by Crippen LogP contribution is 2.02. The second kappa shape index (κ2) is 3.67. The summed E-state index contributed by atoms with van der Waals surface area (Å²) in [6, 6.07) is 0. The molecule has 0 aromatic heterocycles. The van der Waals surface area contributed by atoms with Crippen molar-refractivity contribution in [1.82, 2.24) is 0 Å². The summed E-state index contributed by atoms with van der Waals surface area (Å²) >= 11 is 5.43. The smallest absolute Gasteiger partial charge is 0.170 e. The fraction of sp³-hybridized carbons (Fsp3) is 0.500. The largest absolute Gasteiger partial charge is 0.294 e. The highest BCUT2D eigenvalue weighted by Gasteiger charge is 1.94. The first-order valence-corrected chi connectivity index (χ1v) is 2.93. The Morgan fingerprint density at radius 2 is 2.25 bits per heavy atom. The average molecular weight is 133 g/mol. The molecule has 0 N–H and O–H groups in total. The Morgan fingerprint density at radius 3 is 2.38 bits per heavy atom. The maximum Gasteiger partial charge on any atom is 0.170 e. The van der Waals surface area contributed by atoms with Crippen LogP contribution in [0, 0.1) is 0 Å². The van der Waals surface area contributed by atoms with E-state index in [1.807, 2.05) is 6.92 Å². The highest BCUT2D eigenvalue weighted by atomic mass is 35.5. The van der Waals surface area contributed by atoms with Crippen LogP contribution in [0.2, 0.25) is 0 Å². The van der Waals surface area contributed by atoms with Crippen molar-refractivity contribution in [3.63, 3.8) is 0 Å². The van der Waals surface area contributed by atoms with Crippen molar-refractivity contribution in [3.05, 3.63) is 11.1 Å². The average Bonchev–Trinajstić information content (AvgIpc) is 1.67. The van der Waals surface area contributed by atoms with Crippen LogP contribution < -0.4 is 0 Å². The molecule has 0 heterocycles. The quantitative estimate of drug-likeness (QED) is 0.526. The van der Waals surface area contributed by atoms with E-state index < -0.39 is 0 Å². The molecule has 8 heavy (non-hydrogen) atoms. The maximum atomic E-state index is 10.3. The molecule has 0 radical (unpaired) electrons. The Balaban J connectivity index is 3.80. The Hall–Kier alpha value is -0.300. The summed E-state index contributed by atoms with van der Waals surface area (Å²) in [6.07, 6.45) is 2.52. The van der Waals surface area contributed by atoms with Crippen LogP contribution in [0.4, 0.5) is 0 Å². The number of hydrogen-bond donors (Lipinski definition) is 0. The topological polar surface area (TPSA) is 17.1 Å². The molecule has 0 fully saturated rings. The van der Waals surface area contributed by atoms with Crippen molar-refractivity contribution in [2.45, 2.75) is 20.3 Å². The number of halogens is 1. The van der Waals surface area contributed by atoms with Gasteiger partial charge in [0.25, 0.3) is 0 Å². The summed E-state index contributed by atoms with van der Waals surface area (Å²) < 4.78 is 0. The summed E-state index contributed by atoms with van der Waals surface area (Å²) in [5, 5.41) is 0.340. The van der Waals surface area contributed by atoms with Gasteiger partial charge in [0.2, 0.25) is 0 Å². The zero-order chi connectivity index (χ0) is 6.57. The molecular formula is C6H9ClO. The lowest BCUT2D eigenvalue weighted by Gasteiger charge is -1.85. The van der Waals surface area contributed by atoms with E-state index in [-0.39, 0.29) is 5.78 Å².